The summed E-state index contributed by atoms with van der Waals surface area (Å²) in [5.41, 5.74) is 0.994. The highest BCUT2D eigenvalue weighted by Crippen LogP contribution is 2.32. The molecule has 1 aromatic heterocycles. The fourth-order valence-electron chi connectivity index (χ4n) is 3.25. The van der Waals surface area contributed by atoms with Crippen LogP contribution in [-0.4, -0.2) is 12.6 Å². The van der Waals surface area contributed by atoms with Crippen LogP contribution in [0.2, 0.25) is 0 Å². The van der Waals surface area contributed by atoms with Crippen molar-refractivity contribution in [3.05, 3.63) is 42.5 Å². The summed E-state index contributed by atoms with van der Waals surface area (Å²) in [6, 6.07) is 11.1. The van der Waals surface area contributed by atoms with Gasteiger partial charge in [-0.3, -0.25) is 0 Å². The largest absolute Gasteiger partial charge is 0.441 e. The lowest BCUT2D eigenvalue weighted by Crippen LogP contribution is -2.41. The molecule has 21 heavy (non-hydrogen) atoms. The molecule has 0 fully saturated rings. The summed E-state index contributed by atoms with van der Waals surface area (Å²) < 4.78 is 6.13. The molecule has 1 aliphatic rings. The molecule has 0 radical (unpaired) electrons. The maximum atomic E-state index is 6.13. The van der Waals surface area contributed by atoms with E-state index in [1.165, 1.54) is 24.6 Å². The van der Waals surface area contributed by atoms with E-state index in [1.54, 1.807) is 0 Å². The Labute approximate surface area is 127 Å². The van der Waals surface area contributed by atoms with Crippen molar-refractivity contribution in [3.8, 4) is 0 Å². The molecule has 1 aliphatic carbocycles. The average Bonchev–Trinajstić information content (AvgIpc) is 2.93. The molecule has 2 atom stereocenters. The lowest BCUT2D eigenvalue weighted by atomic mass is 9.89. The van der Waals surface area contributed by atoms with Crippen molar-refractivity contribution >= 4 is 16.9 Å². The van der Waals surface area contributed by atoms with Crippen LogP contribution in [0.1, 0.15) is 39.5 Å². The molecule has 1 heterocycles. The fourth-order valence-corrected chi connectivity index (χ4v) is 3.25. The third-order valence-corrected chi connectivity index (χ3v) is 4.56. The van der Waals surface area contributed by atoms with Crippen LogP contribution in [0, 0.1) is 5.92 Å². The lowest BCUT2D eigenvalue weighted by Gasteiger charge is -2.36. The second kappa shape index (κ2) is 6.38. The Morgan fingerprint density at radius 1 is 1.19 bits per heavy atom. The lowest BCUT2D eigenvalue weighted by molar-refractivity contribution is 0.392. The Balaban J connectivity index is 1.92. The molecule has 2 aromatic rings. The summed E-state index contributed by atoms with van der Waals surface area (Å²) in [4.78, 5) is 2.50. The van der Waals surface area contributed by atoms with Crippen molar-refractivity contribution in [2.24, 2.45) is 5.92 Å². The predicted molar refractivity (Wildman–Crippen MR) is 89.8 cm³/mol. The van der Waals surface area contributed by atoms with Crippen molar-refractivity contribution in [1.29, 1.82) is 0 Å². The zero-order chi connectivity index (χ0) is 14.7. The van der Waals surface area contributed by atoms with E-state index in [1.807, 2.05) is 6.07 Å². The van der Waals surface area contributed by atoms with Crippen LogP contribution in [0.15, 0.2) is 46.9 Å². The first-order chi connectivity index (χ1) is 10.3. The average molecular weight is 283 g/mol. The predicted octanol–water partition coefficient (Wildman–Crippen LogP) is 5.39. The number of anilines is 1. The zero-order valence-corrected chi connectivity index (χ0v) is 13.1. The highest BCUT2D eigenvalue weighted by Gasteiger charge is 2.27. The van der Waals surface area contributed by atoms with E-state index in [-0.39, 0.29) is 0 Å². The van der Waals surface area contributed by atoms with E-state index in [0.29, 0.717) is 12.0 Å². The molecule has 0 N–H and O–H groups in total. The molecule has 1 aromatic carbocycles. The third kappa shape index (κ3) is 2.99. The molecule has 0 spiro atoms. The number of hydrogen-bond acceptors (Lipinski definition) is 2. The maximum Gasteiger partial charge on any atom is 0.197 e. The highest BCUT2D eigenvalue weighted by atomic mass is 16.4. The minimum Gasteiger partial charge on any atom is -0.441 e. The zero-order valence-electron chi connectivity index (χ0n) is 13.1. The molecule has 2 nitrogen and oxygen atoms in total. The molecule has 112 valence electrons. The van der Waals surface area contributed by atoms with Gasteiger partial charge in [0.2, 0.25) is 0 Å². The number of fused-ring (bicyclic) bond motifs is 1. The van der Waals surface area contributed by atoms with Crippen molar-refractivity contribution in [1.82, 2.24) is 0 Å². The molecular formula is C19H25NO. The third-order valence-electron chi connectivity index (χ3n) is 4.56. The van der Waals surface area contributed by atoms with Gasteiger partial charge in [0.25, 0.3) is 0 Å². The molecule has 0 aliphatic heterocycles. The first kappa shape index (κ1) is 14.2. The Kier molecular flexibility index (Phi) is 4.33. The number of hydrogen-bond donors (Lipinski definition) is 0. The molecule has 2 heteroatoms. The number of rotatable bonds is 5. The summed E-state index contributed by atoms with van der Waals surface area (Å²) >= 11 is 0. The van der Waals surface area contributed by atoms with Crippen molar-refractivity contribution < 1.29 is 4.42 Å². The molecule has 0 saturated carbocycles. The van der Waals surface area contributed by atoms with Gasteiger partial charge in [0.05, 0.1) is 0 Å². The number of allylic oxidation sites excluding steroid dienone is 1. The van der Waals surface area contributed by atoms with Gasteiger partial charge >= 0.3 is 0 Å². The molecule has 0 bridgehead atoms. The standard InChI is InChI=1S/C19H25NO/c1-3-4-13-20(17-11-7-5-9-15(17)2)19-14-16-10-6-8-12-18(16)21-19/h5-8,10,12,14-15,17H,3-4,9,11,13H2,1-2H3/t15-,17?/m1/s1. The van der Waals surface area contributed by atoms with Gasteiger partial charge in [-0.2, -0.15) is 0 Å². The van der Waals surface area contributed by atoms with Crippen LogP contribution in [0.25, 0.3) is 11.0 Å². The molecule has 3 rings (SSSR count). The number of furan rings is 1. The Hall–Kier alpha value is -1.70. The van der Waals surface area contributed by atoms with Gasteiger partial charge in [0, 0.05) is 24.0 Å². The minimum absolute atomic E-state index is 0.558. The van der Waals surface area contributed by atoms with Gasteiger partial charge in [0.1, 0.15) is 5.58 Å². The van der Waals surface area contributed by atoms with E-state index in [2.05, 4.69) is 55.2 Å². The van der Waals surface area contributed by atoms with Crippen LogP contribution in [0.4, 0.5) is 5.88 Å². The smallest absolute Gasteiger partial charge is 0.197 e. The quantitative estimate of drug-likeness (QED) is 0.684. The second-order valence-corrected chi connectivity index (χ2v) is 6.16. The van der Waals surface area contributed by atoms with Crippen molar-refractivity contribution in [3.63, 3.8) is 0 Å². The van der Waals surface area contributed by atoms with E-state index in [4.69, 9.17) is 4.42 Å². The summed E-state index contributed by atoms with van der Waals surface area (Å²) in [5.74, 6) is 1.72. The minimum atomic E-state index is 0.558. The summed E-state index contributed by atoms with van der Waals surface area (Å²) in [6.45, 7) is 5.69. The van der Waals surface area contributed by atoms with Gasteiger partial charge in [-0.05, 0) is 31.2 Å². The summed E-state index contributed by atoms with van der Waals surface area (Å²) in [5, 5.41) is 1.20. The van der Waals surface area contributed by atoms with E-state index in [9.17, 15) is 0 Å². The fraction of sp³-hybridized carbons (Fsp3) is 0.474. The van der Waals surface area contributed by atoms with Gasteiger partial charge < -0.3 is 9.32 Å². The summed E-state index contributed by atoms with van der Waals surface area (Å²) in [6.07, 6.45) is 9.37. The Morgan fingerprint density at radius 2 is 2.00 bits per heavy atom. The van der Waals surface area contributed by atoms with Crippen molar-refractivity contribution in [2.75, 3.05) is 11.4 Å². The number of unbranched alkanes of at least 4 members (excludes halogenated alkanes) is 1. The van der Waals surface area contributed by atoms with Crippen LogP contribution < -0.4 is 4.90 Å². The highest BCUT2D eigenvalue weighted by molar-refractivity contribution is 5.81. The molecule has 0 saturated heterocycles. The van der Waals surface area contributed by atoms with Gasteiger partial charge in [-0.25, -0.2) is 0 Å². The molecular weight excluding hydrogens is 258 g/mol. The SMILES string of the molecule is CCCCN(c1cc2ccccc2o1)C1CC=CC[C@H]1C. The molecule has 1 unspecified atom stereocenters. The number of benzene rings is 1. The number of nitrogens with zero attached hydrogens (tertiary/aromatic N) is 1. The topological polar surface area (TPSA) is 16.4 Å². The van der Waals surface area contributed by atoms with Crippen LogP contribution in [0.5, 0.6) is 0 Å². The van der Waals surface area contributed by atoms with Crippen molar-refractivity contribution in [2.45, 2.75) is 45.6 Å². The normalized spacial score (nSPS) is 21.8. The van der Waals surface area contributed by atoms with Crippen LogP contribution in [0.3, 0.4) is 0 Å². The van der Waals surface area contributed by atoms with E-state index in [0.717, 1.165) is 24.4 Å². The van der Waals surface area contributed by atoms with Crippen LogP contribution in [-0.2, 0) is 0 Å². The first-order valence-electron chi connectivity index (χ1n) is 8.20. The van der Waals surface area contributed by atoms with E-state index < -0.39 is 0 Å². The monoisotopic (exact) mass is 283 g/mol. The van der Waals surface area contributed by atoms with Gasteiger partial charge in [-0.1, -0.05) is 50.6 Å². The van der Waals surface area contributed by atoms with Crippen LogP contribution >= 0.6 is 0 Å². The van der Waals surface area contributed by atoms with E-state index >= 15 is 0 Å². The summed E-state index contributed by atoms with van der Waals surface area (Å²) in [7, 11) is 0. The number of para-hydroxylation sites is 1. The first-order valence-corrected chi connectivity index (χ1v) is 8.20. The van der Waals surface area contributed by atoms with Gasteiger partial charge in [0.15, 0.2) is 5.88 Å². The second-order valence-electron chi connectivity index (χ2n) is 6.16. The maximum absolute atomic E-state index is 6.13. The Morgan fingerprint density at radius 3 is 2.76 bits per heavy atom. The Bertz CT molecular complexity index is 580. The molecule has 0 amide bonds. The van der Waals surface area contributed by atoms with Gasteiger partial charge in [-0.15, -0.1) is 0 Å².